The lowest BCUT2D eigenvalue weighted by Crippen LogP contribution is -2.41. The van der Waals surface area contributed by atoms with Crippen molar-refractivity contribution in [1.82, 2.24) is 4.98 Å². The molecule has 104 valence electrons. The number of hydrogen-bond acceptors (Lipinski definition) is 4. The molecule has 0 radical (unpaired) electrons. The molecule has 1 aromatic heterocycles. The van der Waals surface area contributed by atoms with Crippen LogP contribution in [0, 0.1) is 5.92 Å². The van der Waals surface area contributed by atoms with Crippen molar-refractivity contribution in [2.45, 2.75) is 32.2 Å². The van der Waals surface area contributed by atoms with Crippen molar-refractivity contribution in [3.8, 4) is 0 Å². The standard InChI is InChI=1S/C14H22N4O/c1-2-12(15)13-6-5-11(8-17-13)18-7-3-4-10(9-18)14(16)19/h5-6,8,10,12H,2-4,7,9,15H2,1H3,(H2,16,19). The van der Waals surface area contributed by atoms with Crippen molar-refractivity contribution in [1.29, 1.82) is 0 Å². The van der Waals surface area contributed by atoms with Gasteiger partial charge in [-0.1, -0.05) is 6.92 Å². The van der Waals surface area contributed by atoms with Gasteiger partial charge in [0, 0.05) is 19.1 Å². The van der Waals surface area contributed by atoms with Gasteiger partial charge in [-0.05, 0) is 31.4 Å². The minimum atomic E-state index is -0.206. The van der Waals surface area contributed by atoms with Crippen molar-refractivity contribution in [3.63, 3.8) is 0 Å². The number of nitrogens with two attached hydrogens (primary N) is 2. The Hall–Kier alpha value is -1.62. The number of anilines is 1. The summed E-state index contributed by atoms with van der Waals surface area (Å²) in [5.74, 6) is -0.256. The molecule has 1 saturated heterocycles. The highest BCUT2D eigenvalue weighted by atomic mass is 16.1. The quantitative estimate of drug-likeness (QED) is 0.853. The summed E-state index contributed by atoms with van der Waals surface area (Å²) >= 11 is 0. The molecule has 1 amide bonds. The summed E-state index contributed by atoms with van der Waals surface area (Å²) in [5.41, 5.74) is 13.3. The average molecular weight is 262 g/mol. The van der Waals surface area contributed by atoms with E-state index in [2.05, 4.69) is 9.88 Å². The monoisotopic (exact) mass is 262 g/mol. The maximum atomic E-state index is 11.3. The Morgan fingerprint density at radius 1 is 1.58 bits per heavy atom. The molecule has 1 aromatic rings. The van der Waals surface area contributed by atoms with Crippen molar-refractivity contribution in [3.05, 3.63) is 24.0 Å². The van der Waals surface area contributed by atoms with Crippen LogP contribution in [0.1, 0.15) is 37.9 Å². The van der Waals surface area contributed by atoms with Gasteiger partial charge in [-0.2, -0.15) is 0 Å². The van der Waals surface area contributed by atoms with Crippen molar-refractivity contribution in [2.75, 3.05) is 18.0 Å². The second kappa shape index (κ2) is 6.02. The lowest BCUT2D eigenvalue weighted by atomic mass is 9.97. The molecule has 4 N–H and O–H groups in total. The zero-order valence-electron chi connectivity index (χ0n) is 11.4. The fourth-order valence-electron chi connectivity index (χ4n) is 2.46. The van der Waals surface area contributed by atoms with Gasteiger partial charge in [0.1, 0.15) is 0 Å². The van der Waals surface area contributed by atoms with Crippen molar-refractivity contribution in [2.24, 2.45) is 17.4 Å². The second-order valence-corrected chi connectivity index (χ2v) is 5.14. The lowest BCUT2D eigenvalue weighted by Gasteiger charge is -2.32. The third kappa shape index (κ3) is 3.23. The highest BCUT2D eigenvalue weighted by Gasteiger charge is 2.24. The second-order valence-electron chi connectivity index (χ2n) is 5.14. The van der Waals surface area contributed by atoms with Gasteiger partial charge in [0.25, 0.3) is 0 Å². The lowest BCUT2D eigenvalue weighted by molar-refractivity contribution is -0.122. The van der Waals surface area contributed by atoms with E-state index in [1.54, 1.807) is 0 Å². The molecular formula is C14H22N4O. The smallest absolute Gasteiger partial charge is 0.222 e. The number of primary amides is 1. The molecule has 5 heteroatoms. The molecule has 0 saturated carbocycles. The summed E-state index contributed by atoms with van der Waals surface area (Å²) in [6.45, 7) is 3.68. The van der Waals surface area contributed by atoms with Crippen LogP contribution in [0.2, 0.25) is 0 Å². The zero-order chi connectivity index (χ0) is 13.8. The minimum absolute atomic E-state index is 0.00576. The van der Waals surface area contributed by atoms with Crippen LogP contribution >= 0.6 is 0 Å². The number of carbonyl (C=O) groups excluding carboxylic acids is 1. The number of carbonyl (C=O) groups is 1. The molecule has 0 spiro atoms. The summed E-state index contributed by atoms with van der Waals surface area (Å²) < 4.78 is 0. The van der Waals surface area contributed by atoms with Crippen LogP contribution in [0.5, 0.6) is 0 Å². The molecule has 2 atom stereocenters. The summed E-state index contributed by atoms with van der Waals surface area (Å²) in [4.78, 5) is 17.9. The van der Waals surface area contributed by atoms with Gasteiger partial charge in [0.05, 0.1) is 23.5 Å². The number of piperidine rings is 1. The van der Waals surface area contributed by atoms with Crippen molar-refractivity contribution >= 4 is 11.6 Å². The highest BCUT2D eigenvalue weighted by Crippen LogP contribution is 2.23. The molecule has 2 heterocycles. The molecular weight excluding hydrogens is 240 g/mol. The predicted octanol–water partition coefficient (Wildman–Crippen LogP) is 1.19. The summed E-state index contributed by atoms with van der Waals surface area (Å²) in [5, 5.41) is 0. The molecule has 2 unspecified atom stereocenters. The molecule has 19 heavy (non-hydrogen) atoms. The normalized spacial score (nSPS) is 21.2. The minimum Gasteiger partial charge on any atom is -0.369 e. The number of amides is 1. The Labute approximate surface area is 114 Å². The van der Waals surface area contributed by atoms with E-state index in [1.807, 2.05) is 25.3 Å². The Bertz CT molecular complexity index is 432. The molecule has 1 fully saturated rings. The molecule has 2 rings (SSSR count). The zero-order valence-corrected chi connectivity index (χ0v) is 11.4. The van der Waals surface area contributed by atoms with Gasteiger partial charge in [0.15, 0.2) is 0 Å². The number of pyridine rings is 1. The van der Waals surface area contributed by atoms with Crippen LogP contribution in [-0.4, -0.2) is 24.0 Å². The van der Waals surface area contributed by atoms with Gasteiger partial charge in [-0.15, -0.1) is 0 Å². The molecule has 0 aromatic carbocycles. The summed E-state index contributed by atoms with van der Waals surface area (Å²) in [6.07, 6.45) is 4.59. The van der Waals surface area contributed by atoms with E-state index in [9.17, 15) is 4.79 Å². The predicted molar refractivity (Wildman–Crippen MR) is 75.6 cm³/mol. The Kier molecular flexibility index (Phi) is 4.37. The van der Waals surface area contributed by atoms with E-state index in [4.69, 9.17) is 11.5 Å². The van der Waals surface area contributed by atoms with Crippen LogP contribution in [0.15, 0.2) is 18.3 Å². The fraction of sp³-hybridized carbons (Fsp3) is 0.571. The van der Waals surface area contributed by atoms with Gasteiger partial charge >= 0.3 is 0 Å². The largest absolute Gasteiger partial charge is 0.369 e. The van der Waals surface area contributed by atoms with Crippen LogP contribution in [0.3, 0.4) is 0 Å². The third-order valence-electron chi connectivity index (χ3n) is 3.78. The highest BCUT2D eigenvalue weighted by molar-refractivity contribution is 5.77. The van der Waals surface area contributed by atoms with Crippen LogP contribution in [0.25, 0.3) is 0 Å². The molecule has 0 bridgehead atoms. The maximum Gasteiger partial charge on any atom is 0.222 e. The van der Waals surface area contributed by atoms with E-state index in [-0.39, 0.29) is 17.9 Å². The number of aromatic nitrogens is 1. The first-order valence-electron chi connectivity index (χ1n) is 6.87. The average Bonchev–Trinajstić information content (AvgIpc) is 2.46. The maximum absolute atomic E-state index is 11.3. The van der Waals surface area contributed by atoms with Gasteiger partial charge in [0.2, 0.25) is 5.91 Å². The van der Waals surface area contributed by atoms with Crippen LogP contribution in [0.4, 0.5) is 5.69 Å². The van der Waals surface area contributed by atoms with Gasteiger partial charge in [-0.3, -0.25) is 9.78 Å². The van der Waals surface area contributed by atoms with E-state index in [1.165, 1.54) is 0 Å². The summed E-state index contributed by atoms with van der Waals surface area (Å²) in [7, 11) is 0. The number of nitrogens with zero attached hydrogens (tertiary/aromatic N) is 2. The number of hydrogen-bond donors (Lipinski definition) is 2. The van der Waals surface area contributed by atoms with E-state index < -0.39 is 0 Å². The van der Waals surface area contributed by atoms with E-state index in [0.717, 1.165) is 37.2 Å². The fourth-order valence-corrected chi connectivity index (χ4v) is 2.46. The SMILES string of the molecule is CCC(N)c1ccc(N2CCCC(C(N)=O)C2)cn1. The third-order valence-corrected chi connectivity index (χ3v) is 3.78. The van der Waals surface area contributed by atoms with Gasteiger partial charge < -0.3 is 16.4 Å². The van der Waals surface area contributed by atoms with E-state index in [0.29, 0.717) is 6.54 Å². The first-order valence-corrected chi connectivity index (χ1v) is 6.87. The molecule has 1 aliphatic rings. The van der Waals surface area contributed by atoms with Gasteiger partial charge in [-0.25, -0.2) is 0 Å². The van der Waals surface area contributed by atoms with Crippen LogP contribution < -0.4 is 16.4 Å². The first-order chi connectivity index (χ1) is 9.11. The Morgan fingerprint density at radius 3 is 2.95 bits per heavy atom. The Balaban J connectivity index is 2.07. The first kappa shape index (κ1) is 13.8. The Morgan fingerprint density at radius 2 is 2.37 bits per heavy atom. The van der Waals surface area contributed by atoms with E-state index >= 15 is 0 Å². The molecule has 5 nitrogen and oxygen atoms in total. The topological polar surface area (TPSA) is 85.2 Å². The summed E-state index contributed by atoms with van der Waals surface area (Å²) in [6, 6.07) is 3.99. The van der Waals surface area contributed by atoms with Crippen LogP contribution in [-0.2, 0) is 4.79 Å². The molecule has 0 aliphatic carbocycles. The van der Waals surface area contributed by atoms with Crippen molar-refractivity contribution < 1.29 is 4.79 Å². The molecule has 1 aliphatic heterocycles. The number of rotatable bonds is 4.